The van der Waals surface area contributed by atoms with E-state index in [2.05, 4.69) is 30.4 Å². The van der Waals surface area contributed by atoms with Gasteiger partial charge in [0.15, 0.2) is 0 Å². The predicted molar refractivity (Wildman–Crippen MR) is 72.9 cm³/mol. The fourth-order valence-electron chi connectivity index (χ4n) is 2.05. The van der Waals surface area contributed by atoms with Crippen LogP contribution in [0, 0.1) is 18.6 Å². The normalized spacial score (nSPS) is 10.7. The molecule has 0 spiro atoms. The third kappa shape index (κ3) is 4.45. The number of hydrogen-bond donors (Lipinski definition) is 1. The maximum atomic E-state index is 13.0. The largest absolute Gasteiger partial charge is 0.312 e. The maximum absolute atomic E-state index is 13.0. The molecule has 100 valence electrons. The second kappa shape index (κ2) is 6.43. The van der Waals surface area contributed by atoms with Gasteiger partial charge >= 0.3 is 0 Å². The molecule has 0 aliphatic carbocycles. The first kappa shape index (κ1) is 13.7. The zero-order valence-corrected chi connectivity index (χ0v) is 10.9. The molecule has 3 heteroatoms. The van der Waals surface area contributed by atoms with E-state index in [1.165, 1.54) is 23.3 Å². The Morgan fingerprint density at radius 3 is 2.37 bits per heavy atom. The van der Waals surface area contributed by atoms with E-state index in [-0.39, 0.29) is 0 Å². The van der Waals surface area contributed by atoms with E-state index in [0.717, 1.165) is 19.0 Å². The highest BCUT2D eigenvalue weighted by Gasteiger charge is 2.00. The molecule has 0 radical (unpaired) electrons. The van der Waals surface area contributed by atoms with Gasteiger partial charge in [-0.15, -0.1) is 0 Å². The summed E-state index contributed by atoms with van der Waals surface area (Å²) in [6.45, 7) is 3.31. The Hall–Kier alpha value is -1.74. The Morgan fingerprint density at radius 2 is 1.68 bits per heavy atom. The molecular weight excluding hydrogens is 244 g/mol. The highest BCUT2D eigenvalue weighted by Crippen LogP contribution is 2.08. The maximum Gasteiger partial charge on any atom is 0.126 e. The van der Waals surface area contributed by atoms with Crippen LogP contribution in [0.15, 0.2) is 42.5 Å². The first-order valence-corrected chi connectivity index (χ1v) is 6.35. The van der Waals surface area contributed by atoms with Crippen molar-refractivity contribution in [2.24, 2.45) is 0 Å². The zero-order valence-electron chi connectivity index (χ0n) is 10.9. The third-order valence-corrected chi connectivity index (χ3v) is 2.92. The van der Waals surface area contributed by atoms with Gasteiger partial charge in [0.2, 0.25) is 0 Å². The standard InChI is InChI=1S/C16H17F2N/c1-12-3-2-4-13(7-12)5-6-19-11-14-8-15(17)10-16(18)9-14/h2-4,7-10,19H,5-6,11H2,1H3. The van der Waals surface area contributed by atoms with Crippen LogP contribution in [0.3, 0.4) is 0 Å². The fraction of sp³-hybridized carbons (Fsp3) is 0.250. The summed E-state index contributed by atoms with van der Waals surface area (Å²) in [6, 6.07) is 11.9. The van der Waals surface area contributed by atoms with Crippen molar-refractivity contribution >= 4 is 0 Å². The van der Waals surface area contributed by atoms with Crippen molar-refractivity contribution in [2.45, 2.75) is 19.9 Å². The Balaban J connectivity index is 1.80. The second-order valence-corrected chi connectivity index (χ2v) is 4.69. The van der Waals surface area contributed by atoms with E-state index in [1.807, 2.05) is 6.07 Å². The lowest BCUT2D eigenvalue weighted by atomic mass is 10.1. The molecule has 19 heavy (non-hydrogen) atoms. The summed E-state index contributed by atoms with van der Waals surface area (Å²) in [5, 5.41) is 3.19. The summed E-state index contributed by atoms with van der Waals surface area (Å²) in [5.74, 6) is -1.06. The first-order chi connectivity index (χ1) is 9.13. The third-order valence-electron chi connectivity index (χ3n) is 2.92. The molecule has 0 unspecified atom stereocenters. The Kier molecular flexibility index (Phi) is 4.63. The van der Waals surface area contributed by atoms with Gasteiger partial charge in [0.25, 0.3) is 0 Å². The minimum Gasteiger partial charge on any atom is -0.312 e. The summed E-state index contributed by atoms with van der Waals surface area (Å²) in [4.78, 5) is 0. The molecule has 0 aliphatic rings. The first-order valence-electron chi connectivity index (χ1n) is 6.35. The average molecular weight is 261 g/mol. The Morgan fingerprint density at radius 1 is 0.947 bits per heavy atom. The lowest BCUT2D eigenvalue weighted by molar-refractivity contribution is 0.575. The van der Waals surface area contributed by atoms with Gasteiger partial charge in [0, 0.05) is 12.6 Å². The van der Waals surface area contributed by atoms with Gasteiger partial charge in [-0.25, -0.2) is 8.78 Å². The van der Waals surface area contributed by atoms with Gasteiger partial charge in [-0.3, -0.25) is 0 Å². The van der Waals surface area contributed by atoms with Gasteiger partial charge in [-0.05, 0) is 43.1 Å². The van der Waals surface area contributed by atoms with E-state index in [1.54, 1.807) is 0 Å². The van der Waals surface area contributed by atoms with Crippen LogP contribution in [0.2, 0.25) is 0 Å². The Bertz CT molecular complexity index is 532. The summed E-state index contributed by atoms with van der Waals surface area (Å²) < 4.78 is 26.0. The number of halogens is 2. The minimum atomic E-state index is -0.532. The highest BCUT2D eigenvalue weighted by atomic mass is 19.1. The van der Waals surface area contributed by atoms with E-state index in [4.69, 9.17) is 0 Å². The number of rotatable bonds is 5. The molecule has 0 aliphatic heterocycles. The van der Waals surface area contributed by atoms with Crippen molar-refractivity contribution in [2.75, 3.05) is 6.54 Å². The van der Waals surface area contributed by atoms with Crippen molar-refractivity contribution in [1.82, 2.24) is 5.32 Å². The molecule has 1 N–H and O–H groups in total. The summed E-state index contributed by atoms with van der Waals surface area (Å²) in [5.41, 5.74) is 3.13. The number of nitrogens with one attached hydrogen (secondary N) is 1. The monoisotopic (exact) mass is 261 g/mol. The Labute approximate surface area is 112 Å². The molecule has 1 nitrogen and oxygen atoms in total. The van der Waals surface area contributed by atoms with Crippen LogP contribution in [0.25, 0.3) is 0 Å². The predicted octanol–water partition coefficient (Wildman–Crippen LogP) is 3.61. The fourth-order valence-corrected chi connectivity index (χ4v) is 2.05. The zero-order chi connectivity index (χ0) is 13.7. The SMILES string of the molecule is Cc1cccc(CCNCc2cc(F)cc(F)c2)c1. The second-order valence-electron chi connectivity index (χ2n) is 4.69. The van der Waals surface area contributed by atoms with Crippen molar-refractivity contribution in [3.63, 3.8) is 0 Å². The van der Waals surface area contributed by atoms with Gasteiger partial charge in [-0.1, -0.05) is 29.8 Å². The lowest BCUT2D eigenvalue weighted by Crippen LogP contribution is -2.17. The van der Waals surface area contributed by atoms with Crippen LogP contribution < -0.4 is 5.32 Å². The molecule has 0 saturated carbocycles. The van der Waals surface area contributed by atoms with Crippen LogP contribution in [-0.4, -0.2) is 6.54 Å². The van der Waals surface area contributed by atoms with Crippen LogP contribution in [0.5, 0.6) is 0 Å². The molecule has 0 aromatic heterocycles. The van der Waals surface area contributed by atoms with Gasteiger partial charge < -0.3 is 5.32 Å². The van der Waals surface area contributed by atoms with Crippen molar-refractivity contribution < 1.29 is 8.78 Å². The summed E-state index contributed by atoms with van der Waals surface area (Å²) in [7, 11) is 0. The van der Waals surface area contributed by atoms with Crippen LogP contribution in [0.1, 0.15) is 16.7 Å². The summed E-state index contributed by atoms with van der Waals surface area (Å²) in [6.07, 6.45) is 0.902. The molecule has 2 aromatic rings. The molecule has 0 heterocycles. The molecule has 2 rings (SSSR count). The van der Waals surface area contributed by atoms with E-state index >= 15 is 0 Å². The number of benzene rings is 2. The van der Waals surface area contributed by atoms with Crippen LogP contribution in [-0.2, 0) is 13.0 Å². The average Bonchev–Trinajstić information content (AvgIpc) is 2.34. The minimum absolute atomic E-state index is 0.473. The smallest absolute Gasteiger partial charge is 0.126 e. The van der Waals surface area contributed by atoms with E-state index < -0.39 is 11.6 Å². The molecule has 0 fully saturated rings. The molecule has 0 saturated heterocycles. The number of aryl methyl sites for hydroxylation is 1. The van der Waals surface area contributed by atoms with E-state index in [0.29, 0.717) is 12.1 Å². The summed E-state index contributed by atoms with van der Waals surface area (Å²) >= 11 is 0. The van der Waals surface area contributed by atoms with Gasteiger partial charge in [0.1, 0.15) is 11.6 Å². The van der Waals surface area contributed by atoms with Crippen LogP contribution in [0.4, 0.5) is 8.78 Å². The van der Waals surface area contributed by atoms with Crippen molar-refractivity contribution in [1.29, 1.82) is 0 Å². The van der Waals surface area contributed by atoms with Crippen LogP contribution >= 0.6 is 0 Å². The molecule has 0 atom stereocenters. The quantitative estimate of drug-likeness (QED) is 0.811. The highest BCUT2D eigenvalue weighted by molar-refractivity contribution is 5.22. The molecular formula is C16H17F2N. The number of hydrogen-bond acceptors (Lipinski definition) is 1. The van der Waals surface area contributed by atoms with Crippen molar-refractivity contribution in [3.05, 3.63) is 70.8 Å². The lowest BCUT2D eigenvalue weighted by Gasteiger charge is -2.06. The molecule has 0 amide bonds. The van der Waals surface area contributed by atoms with Crippen molar-refractivity contribution in [3.8, 4) is 0 Å². The molecule has 0 bridgehead atoms. The topological polar surface area (TPSA) is 12.0 Å². The van der Waals surface area contributed by atoms with E-state index in [9.17, 15) is 8.78 Å². The molecule has 2 aromatic carbocycles. The van der Waals surface area contributed by atoms with Gasteiger partial charge in [-0.2, -0.15) is 0 Å². The van der Waals surface area contributed by atoms with Gasteiger partial charge in [0.05, 0.1) is 0 Å².